The van der Waals surface area contributed by atoms with Crippen molar-refractivity contribution < 1.29 is 9.47 Å². The maximum Gasteiger partial charge on any atom is 0.0926 e. The maximum absolute atomic E-state index is 5.35. The van der Waals surface area contributed by atoms with Crippen molar-refractivity contribution in [3.8, 4) is 0 Å². The van der Waals surface area contributed by atoms with Crippen molar-refractivity contribution in [2.45, 2.75) is 39.4 Å². The van der Waals surface area contributed by atoms with Crippen LogP contribution in [0.25, 0.3) is 0 Å². The number of rotatable bonds is 5. The van der Waals surface area contributed by atoms with E-state index < -0.39 is 0 Å². The molecule has 66 valence electrons. The van der Waals surface area contributed by atoms with Crippen LogP contribution in [0.5, 0.6) is 0 Å². The Hall–Kier alpha value is -0.500. The van der Waals surface area contributed by atoms with Gasteiger partial charge in [-0.1, -0.05) is 6.58 Å². The molecule has 0 N–H and O–H groups in total. The summed E-state index contributed by atoms with van der Waals surface area (Å²) in [6, 6.07) is 0. The van der Waals surface area contributed by atoms with E-state index in [1.807, 2.05) is 20.8 Å². The standard InChI is InChI=1S/C9H18O2/c1-7(2)11-9(4)6-8(3)10-5/h7-8H,4,6H2,1-3,5H3. The van der Waals surface area contributed by atoms with Crippen molar-refractivity contribution in [1.29, 1.82) is 0 Å². The third-order valence-corrected chi connectivity index (χ3v) is 1.32. The van der Waals surface area contributed by atoms with Crippen molar-refractivity contribution in [3.63, 3.8) is 0 Å². The van der Waals surface area contributed by atoms with Gasteiger partial charge in [0.25, 0.3) is 0 Å². The summed E-state index contributed by atoms with van der Waals surface area (Å²) < 4.78 is 10.4. The minimum Gasteiger partial charge on any atom is -0.496 e. The fraction of sp³-hybridized carbons (Fsp3) is 0.778. The molecule has 0 aromatic rings. The normalized spacial score (nSPS) is 13.2. The molecule has 0 radical (unpaired) electrons. The molecular weight excluding hydrogens is 140 g/mol. The second-order valence-corrected chi connectivity index (χ2v) is 2.96. The first-order chi connectivity index (χ1) is 5.06. The Morgan fingerprint density at radius 2 is 1.91 bits per heavy atom. The Labute approximate surface area is 69.2 Å². The Kier molecular flexibility index (Phi) is 4.95. The fourth-order valence-corrected chi connectivity index (χ4v) is 0.785. The van der Waals surface area contributed by atoms with Crippen LogP contribution in [0.4, 0.5) is 0 Å². The highest BCUT2D eigenvalue weighted by molar-refractivity contribution is 4.85. The molecule has 0 aliphatic rings. The summed E-state index contributed by atoms with van der Waals surface area (Å²) in [5.41, 5.74) is 0. The van der Waals surface area contributed by atoms with E-state index in [1.54, 1.807) is 7.11 Å². The Morgan fingerprint density at radius 3 is 2.27 bits per heavy atom. The van der Waals surface area contributed by atoms with Crippen molar-refractivity contribution in [2.75, 3.05) is 7.11 Å². The van der Waals surface area contributed by atoms with Gasteiger partial charge >= 0.3 is 0 Å². The van der Waals surface area contributed by atoms with Crippen molar-refractivity contribution in [1.82, 2.24) is 0 Å². The van der Waals surface area contributed by atoms with Crippen LogP contribution in [0.2, 0.25) is 0 Å². The Bertz CT molecular complexity index is 119. The number of hydrogen-bond acceptors (Lipinski definition) is 2. The average molecular weight is 158 g/mol. The van der Waals surface area contributed by atoms with E-state index in [0.717, 1.165) is 12.2 Å². The predicted molar refractivity (Wildman–Crippen MR) is 46.4 cm³/mol. The summed E-state index contributed by atoms with van der Waals surface area (Å²) in [7, 11) is 1.69. The van der Waals surface area contributed by atoms with Gasteiger partial charge in [0, 0.05) is 13.5 Å². The van der Waals surface area contributed by atoms with Gasteiger partial charge in [-0.05, 0) is 20.8 Å². The third-order valence-electron chi connectivity index (χ3n) is 1.32. The molecule has 1 unspecified atom stereocenters. The molecular formula is C9H18O2. The molecule has 2 nitrogen and oxygen atoms in total. The number of ether oxygens (including phenoxy) is 2. The molecule has 0 spiro atoms. The van der Waals surface area contributed by atoms with E-state index in [1.165, 1.54) is 0 Å². The highest BCUT2D eigenvalue weighted by atomic mass is 16.5. The number of methoxy groups -OCH3 is 1. The minimum absolute atomic E-state index is 0.196. The van der Waals surface area contributed by atoms with E-state index in [-0.39, 0.29) is 12.2 Å². The van der Waals surface area contributed by atoms with Crippen LogP contribution < -0.4 is 0 Å². The fourth-order valence-electron chi connectivity index (χ4n) is 0.785. The molecule has 0 rings (SSSR count). The van der Waals surface area contributed by atoms with Gasteiger partial charge in [0.15, 0.2) is 0 Å². The van der Waals surface area contributed by atoms with E-state index in [4.69, 9.17) is 9.47 Å². The lowest BCUT2D eigenvalue weighted by Gasteiger charge is -2.15. The van der Waals surface area contributed by atoms with Crippen molar-refractivity contribution in [3.05, 3.63) is 12.3 Å². The zero-order chi connectivity index (χ0) is 8.85. The second kappa shape index (κ2) is 5.19. The lowest BCUT2D eigenvalue weighted by Crippen LogP contribution is -2.09. The molecule has 0 heterocycles. The van der Waals surface area contributed by atoms with Gasteiger partial charge in [-0.15, -0.1) is 0 Å². The topological polar surface area (TPSA) is 18.5 Å². The highest BCUT2D eigenvalue weighted by Crippen LogP contribution is 2.08. The second-order valence-electron chi connectivity index (χ2n) is 2.96. The van der Waals surface area contributed by atoms with Crippen LogP contribution in [0.3, 0.4) is 0 Å². The third kappa shape index (κ3) is 5.92. The quantitative estimate of drug-likeness (QED) is 0.572. The van der Waals surface area contributed by atoms with Gasteiger partial charge in [0.1, 0.15) is 0 Å². The lowest BCUT2D eigenvalue weighted by molar-refractivity contribution is 0.0801. The Balaban J connectivity index is 3.52. The first-order valence-corrected chi connectivity index (χ1v) is 3.93. The SMILES string of the molecule is C=C(CC(C)OC)OC(C)C. The van der Waals surface area contributed by atoms with Gasteiger partial charge in [-0.2, -0.15) is 0 Å². The molecule has 0 bridgehead atoms. The lowest BCUT2D eigenvalue weighted by atomic mass is 10.2. The van der Waals surface area contributed by atoms with E-state index in [2.05, 4.69) is 6.58 Å². The zero-order valence-electron chi connectivity index (χ0n) is 7.89. The van der Waals surface area contributed by atoms with Crippen LogP contribution in [-0.2, 0) is 9.47 Å². The maximum atomic E-state index is 5.35. The molecule has 0 aliphatic carbocycles. The van der Waals surface area contributed by atoms with Crippen LogP contribution >= 0.6 is 0 Å². The molecule has 0 aromatic heterocycles. The molecule has 0 fully saturated rings. The van der Waals surface area contributed by atoms with Crippen LogP contribution in [0, 0.1) is 0 Å². The van der Waals surface area contributed by atoms with Crippen LogP contribution in [-0.4, -0.2) is 19.3 Å². The molecule has 1 atom stereocenters. The van der Waals surface area contributed by atoms with Crippen LogP contribution in [0.1, 0.15) is 27.2 Å². The van der Waals surface area contributed by atoms with Gasteiger partial charge in [0.05, 0.1) is 18.0 Å². The van der Waals surface area contributed by atoms with Gasteiger partial charge < -0.3 is 9.47 Å². The summed E-state index contributed by atoms with van der Waals surface area (Å²) in [5, 5.41) is 0. The van der Waals surface area contributed by atoms with Gasteiger partial charge in [-0.25, -0.2) is 0 Å². The van der Waals surface area contributed by atoms with Crippen LogP contribution in [0.15, 0.2) is 12.3 Å². The highest BCUT2D eigenvalue weighted by Gasteiger charge is 2.04. The first-order valence-electron chi connectivity index (χ1n) is 3.93. The largest absolute Gasteiger partial charge is 0.496 e. The summed E-state index contributed by atoms with van der Waals surface area (Å²) in [5.74, 6) is 0.800. The van der Waals surface area contributed by atoms with E-state index >= 15 is 0 Å². The van der Waals surface area contributed by atoms with Crippen molar-refractivity contribution >= 4 is 0 Å². The monoisotopic (exact) mass is 158 g/mol. The summed E-state index contributed by atoms with van der Waals surface area (Å²) in [4.78, 5) is 0. The molecule has 0 aliphatic heterocycles. The summed E-state index contributed by atoms with van der Waals surface area (Å²) in [6.45, 7) is 9.75. The first kappa shape index (κ1) is 10.5. The molecule has 0 saturated heterocycles. The number of hydrogen-bond donors (Lipinski definition) is 0. The van der Waals surface area contributed by atoms with Gasteiger partial charge in [0.2, 0.25) is 0 Å². The minimum atomic E-state index is 0.196. The molecule has 0 amide bonds. The molecule has 0 aromatic carbocycles. The van der Waals surface area contributed by atoms with Crippen molar-refractivity contribution in [2.24, 2.45) is 0 Å². The van der Waals surface area contributed by atoms with Gasteiger partial charge in [-0.3, -0.25) is 0 Å². The zero-order valence-corrected chi connectivity index (χ0v) is 7.89. The molecule has 11 heavy (non-hydrogen) atoms. The van der Waals surface area contributed by atoms with E-state index in [9.17, 15) is 0 Å². The smallest absolute Gasteiger partial charge is 0.0926 e. The summed E-state index contributed by atoms with van der Waals surface area (Å²) in [6.07, 6.45) is 1.18. The predicted octanol–water partition coefficient (Wildman–Crippen LogP) is 2.35. The summed E-state index contributed by atoms with van der Waals surface area (Å²) >= 11 is 0. The Morgan fingerprint density at radius 1 is 1.36 bits per heavy atom. The molecule has 0 saturated carbocycles. The average Bonchev–Trinajstić information content (AvgIpc) is 1.85. The molecule has 2 heteroatoms. The van der Waals surface area contributed by atoms with E-state index in [0.29, 0.717) is 0 Å².